The molecule has 0 saturated heterocycles. The van der Waals surface area contributed by atoms with Crippen molar-refractivity contribution in [1.82, 2.24) is 14.7 Å². The highest BCUT2D eigenvalue weighted by atomic mass is 35.5. The van der Waals surface area contributed by atoms with Gasteiger partial charge in [0.05, 0.1) is 24.4 Å². The molecule has 0 aliphatic carbocycles. The maximum Gasteiger partial charge on any atom is 0.325 e. The van der Waals surface area contributed by atoms with Crippen molar-refractivity contribution in [2.75, 3.05) is 20.2 Å². The molecule has 0 bridgehead atoms. The molecule has 1 aromatic carbocycles. The third kappa shape index (κ3) is 4.57. The standard InChI is InChI=1S/C17H19ClFN3O3/c1-4-25-14(23)10-21(3)17(24)15-11(2)20-22(16(15)18)9-12-5-7-13(19)8-6-12/h5-8H,4,9-10H2,1-3H3. The summed E-state index contributed by atoms with van der Waals surface area (Å²) < 4.78 is 19.3. The van der Waals surface area contributed by atoms with E-state index >= 15 is 0 Å². The van der Waals surface area contributed by atoms with Crippen LogP contribution in [0.2, 0.25) is 5.15 Å². The number of aryl methyl sites for hydroxylation is 1. The van der Waals surface area contributed by atoms with Gasteiger partial charge in [-0.1, -0.05) is 23.7 Å². The zero-order valence-corrected chi connectivity index (χ0v) is 15.0. The lowest BCUT2D eigenvalue weighted by Gasteiger charge is -2.16. The van der Waals surface area contributed by atoms with E-state index in [1.165, 1.54) is 28.8 Å². The number of ether oxygens (including phenoxy) is 1. The van der Waals surface area contributed by atoms with Crippen LogP contribution >= 0.6 is 11.6 Å². The van der Waals surface area contributed by atoms with Gasteiger partial charge in [0.15, 0.2) is 0 Å². The molecular weight excluding hydrogens is 349 g/mol. The lowest BCUT2D eigenvalue weighted by molar-refractivity contribution is -0.143. The first-order chi connectivity index (χ1) is 11.8. The molecule has 2 rings (SSSR count). The minimum Gasteiger partial charge on any atom is -0.465 e. The lowest BCUT2D eigenvalue weighted by Crippen LogP contribution is -2.33. The number of hydrogen-bond donors (Lipinski definition) is 0. The van der Waals surface area contributed by atoms with Gasteiger partial charge in [-0.05, 0) is 31.5 Å². The second-order valence-corrected chi connectivity index (χ2v) is 5.86. The van der Waals surface area contributed by atoms with Gasteiger partial charge in [-0.2, -0.15) is 5.10 Å². The van der Waals surface area contributed by atoms with Crippen molar-refractivity contribution in [3.63, 3.8) is 0 Å². The van der Waals surface area contributed by atoms with Gasteiger partial charge in [-0.3, -0.25) is 9.59 Å². The number of aromatic nitrogens is 2. The molecule has 0 unspecified atom stereocenters. The quantitative estimate of drug-likeness (QED) is 0.736. The maximum atomic E-state index is 13.0. The maximum absolute atomic E-state index is 13.0. The number of amides is 1. The van der Waals surface area contributed by atoms with Crippen LogP contribution in [0.4, 0.5) is 4.39 Å². The number of likely N-dealkylation sites (N-methyl/N-ethyl adjacent to an activating group) is 1. The van der Waals surface area contributed by atoms with E-state index in [4.69, 9.17) is 16.3 Å². The predicted octanol–water partition coefficient (Wildman–Crippen LogP) is 2.67. The van der Waals surface area contributed by atoms with Crippen molar-refractivity contribution in [2.45, 2.75) is 20.4 Å². The van der Waals surface area contributed by atoms with E-state index in [9.17, 15) is 14.0 Å². The summed E-state index contributed by atoms with van der Waals surface area (Å²) in [6.45, 7) is 3.73. The van der Waals surface area contributed by atoms with E-state index in [1.807, 2.05) is 0 Å². The van der Waals surface area contributed by atoms with Gasteiger partial charge in [-0.25, -0.2) is 9.07 Å². The second kappa shape index (κ2) is 8.11. The van der Waals surface area contributed by atoms with Crippen LogP contribution in [0.1, 0.15) is 28.5 Å². The molecule has 1 aromatic heterocycles. The van der Waals surface area contributed by atoms with Gasteiger partial charge in [0.2, 0.25) is 0 Å². The summed E-state index contributed by atoms with van der Waals surface area (Å²) in [6.07, 6.45) is 0. The SMILES string of the molecule is CCOC(=O)CN(C)C(=O)c1c(C)nn(Cc2ccc(F)cc2)c1Cl. The average molecular weight is 368 g/mol. The predicted molar refractivity (Wildman–Crippen MR) is 91.1 cm³/mol. The topological polar surface area (TPSA) is 64.4 Å². The van der Waals surface area contributed by atoms with E-state index in [-0.39, 0.29) is 29.7 Å². The normalized spacial score (nSPS) is 10.6. The van der Waals surface area contributed by atoms with Gasteiger partial charge in [-0.15, -0.1) is 0 Å². The van der Waals surface area contributed by atoms with E-state index in [1.54, 1.807) is 26.0 Å². The number of carbonyl (C=O) groups excluding carboxylic acids is 2. The van der Waals surface area contributed by atoms with Crippen LogP contribution < -0.4 is 0 Å². The molecule has 134 valence electrons. The Morgan fingerprint density at radius 1 is 1.32 bits per heavy atom. The summed E-state index contributed by atoms with van der Waals surface area (Å²) in [5.41, 5.74) is 1.48. The Hall–Kier alpha value is -2.41. The molecule has 0 saturated carbocycles. The molecular formula is C17H19ClFN3O3. The lowest BCUT2D eigenvalue weighted by atomic mass is 10.2. The molecule has 0 radical (unpaired) electrons. The number of esters is 1. The van der Waals surface area contributed by atoms with Gasteiger partial charge in [0.25, 0.3) is 5.91 Å². The Morgan fingerprint density at radius 3 is 2.56 bits per heavy atom. The Bertz CT molecular complexity index is 774. The first-order valence-corrected chi connectivity index (χ1v) is 8.09. The number of halogens is 2. The number of rotatable bonds is 6. The van der Waals surface area contributed by atoms with Crippen molar-refractivity contribution in [3.8, 4) is 0 Å². The van der Waals surface area contributed by atoms with Crippen molar-refractivity contribution in [1.29, 1.82) is 0 Å². The molecule has 1 heterocycles. The molecule has 0 aliphatic rings. The Balaban J connectivity index is 2.19. The summed E-state index contributed by atoms with van der Waals surface area (Å²) in [4.78, 5) is 25.3. The highest BCUT2D eigenvalue weighted by Crippen LogP contribution is 2.22. The molecule has 8 heteroatoms. The van der Waals surface area contributed by atoms with E-state index in [2.05, 4.69) is 5.10 Å². The number of benzene rings is 1. The molecule has 25 heavy (non-hydrogen) atoms. The largest absolute Gasteiger partial charge is 0.465 e. The number of hydrogen-bond acceptors (Lipinski definition) is 4. The van der Waals surface area contributed by atoms with Gasteiger partial charge in [0, 0.05) is 7.05 Å². The smallest absolute Gasteiger partial charge is 0.325 e. The van der Waals surface area contributed by atoms with E-state index in [0.717, 1.165) is 5.56 Å². The first kappa shape index (κ1) is 18.9. The van der Waals surface area contributed by atoms with Crippen LogP contribution in [0.25, 0.3) is 0 Å². The third-order valence-corrected chi connectivity index (χ3v) is 3.93. The van der Waals surface area contributed by atoms with Gasteiger partial charge >= 0.3 is 5.97 Å². The summed E-state index contributed by atoms with van der Waals surface area (Å²) in [5, 5.41) is 4.44. The Morgan fingerprint density at radius 2 is 1.96 bits per heavy atom. The molecule has 0 spiro atoms. The fraction of sp³-hybridized carbons (Fsp3) is 0.353. The Labute approximate surface area is 150 Å². The number of carbonyl (C=O) groups is 2. The molecule has 0 N–H and O–H groups in total. The van der Waals surface area contributed by atoms with Gasteiger partial charge in [0.1, 0.15) is 17.5 Å². The molecule has 0 aliphatic heterocycles. The Kier molecular flexibility index (Phi) is 6.14. The summed E-state index contributed by atoms with van der Waals surface area (Å²) in [7, 11) is 1.49. The third-order valence-electron chi connectivity index (χ3n) is 3.54. The minimum atomic E-state index is -0.495. The van der Waals surface area contributed by atoms with Gasteiger partial charge < -0.3 is 9.64 Å². The van der Waals surface area contributed by atoms with Crippen LogP contribution in [0.15, 0.2) is 24.3 Å². The van der Waals surface area contributed by atoms with E-state index in [0.29, 0.717) is 12.2 Å². The van der Waals surface area contributed by atoms with Crippen LogP contribution in [0.5, 0.6) is 0 Å². The second-order valence-electron chi connectivity index (χ2n) is 5.50. The van der Waals surface area contributed by atoms with Crippen LogP contribution in [-0.4, -0.2) is 46.8 Å². The summed E-state index contributed by atoms with van der Waals surface area (Å²) in [6, 6.07) is 5.94. The van der Waals surface area contributed by atoms with Crippen LogP contribution in [-0.2, 0) is 16.1 Å². The monoisotopic (exact) mass is 367 g/mol. The first-order valence-electron chi connectivity index (χ1n) is 7.72. The summed E-state index contributed by atoms with van der Waals surface area (Å²) >= 11 is 6.31. The van der Waals surface area contributed by atoms with Crippen molar-refractivity contribution in [3.05, 3.63) is 52.1 Å². The van der Waals surface area contributed by atoms with Crippen molar-refractivity contribution < 1.29 is 18.7 Å². The summed E-state index contributed by atoms with van der Waals surface area (Å²) in [5.74, 6) is -1.24. The zero-order valence-electron chi connectivity index (χ0n) is 14.3. The molecule has 0 atom stereocenters. The fourth-order valence-corrected chi connectivity index (χ4v) is 2.64. The molecule has 0 fully saturated rings. The van der Waals surface area contributed by atoms with Crippen molar-refractivity contribution in [2.24, 2.45) is 0 Å². The highest BCUT2D eigenvalue weighted by molar-refractivity contribution is 6.33. The number of nitrogens with zero attached hydrogens (tertiary/aromatic N) is 3. The zero-order chi connectivity index (χ0) is 18.6. The molecule has 6 nitrogen and oxygen atoms in total. The average Bonchev–Trinajstić information content (AvgIpc) is 2.83. The van der Waals surface area contributed by atoms with E-state index < -0.39 is 11.9 Å². The van der Waals surface area contributed by atoms with Crippen molar-refractivity contribution >= 4 is 23.5 Å². The van der Waals surface area contributed by atoms with Crippen LogP contribution in [0, 0.1) is 12.7 Å². The fourth-order valence-electron chi connectivity index (χ4n) is 2.33. The minimum absolute atomic E-state index is 0.169. The van der Waals surface area contributed by atoms with Crippen LogP contribution in [0.3, 0.4) is 0 Å². The molecule has 2 aromatic rings. The molecule has 1 amide bonds. The highest BCUT2D eigenvalue weighted by Gasteiger charge is 2.24.